The first-order valence-corrected chi connectivity index (χ1v) is 9.50. The van der Waals surface area contributed by atoms with Crippen LogP contribution in [0.4, 0.5) is 5.69 Å². The SMILES string of the molecule is COC(=O)[C@@H]1CCCN1[N+]([O-])=NOCCCCCOC(=O)c1ccc([N+](=O)[O-])cc1. The Kier molecular flexibility index (Phi) is 8.78. The Hall–Kier alpha value is -3.44. The Labute approximate surface area is 172 Å². The van der Waals surface area contributed by atoms with Crippen molar-refractivity contribution in [3.8, 4) is 0 Å². The number of nitro benzene ring substituents is 1. The van der Waals surface area contributed by atoms with Gasteiger partial charge in [-0.15, -0.1) is 5.01 Å². The Morgan fingerprint density at radius 3 is 2.53 bits per heavy atom. The Balaban J connectivity index is 1.59. The van der Waals surface area contributed by atoms with Crippen molar-refractivity contribution in [1.82, 2.24) is 5.01 Å². The average molecular weight is 424 g/mol. The molecule has 164 valence electrons. The minimum absolute atomic E-state index is 0.0980. The van der Waals surface area contributed by atoms with E-state index < -0.39 is 22.9 Å². The molecule has 12 heteroatoms. The van der Waals surface area contributed by atoms with Crippen molar-refractivity contribution in [3.05, 3.63) is 45.2 Å². The molecule has 0 bridgehead atoms. The van der Waals surface area contributed by atoms with Crippen LogP contribution in [0.5, 0.6) is 0 Å². The van der Waals surface area contributed by atoms with E-state index in [0.29, 0.717) is 38.6 Å². The number of benzene rings is 1. The van der Waals surface area contributed by atoms with Gasteiger partial charge < -0.3 is 19.5 Å². The molecule has 1 atom stereocenters. The van der Waals surface area contributed by atoms with Crippen molar-refractivity contribution in [2.45, 2.75) is 38.1 Å². The van der Waals surface area contributed by atoms with Crippen LogP contribution in [-0.4, -0.2) is 59.8 Å². The zero-order chi connectivity index (χ0) is 21.9. The third kappa shape index (κ3) is 6.57. The number of nitrogens with zero attached hydrogens (tertiary/aromatic N) is 4. The lowest BCUT2D eigenvalue weighted by Crippen LogP contribution is -2.41. The van der Waals surface area contributed by atoms with Gasteiger partial charge in [-0.05, 0) is 44.2 Å². The summed E-state index contributed by atoms with van der Waals surface area (Å²) in [6.45, 7) is 0.789. The van der Waals surface area contributed by atoms with Crippen LogP contribution in [0, 0.1) is 15.3 Å². The number of carbonyl (C=O) groups is 2. The lowest BCUT2D eigenvalue weighted by molar-refractivity contribution is -0.712. The number of hydrogen-bond donors (Lipinski definition) is 0. The fraction of sp³-hybridized carbons (Fsp3) is 0.556. The molecule has 1 aliphatic rings. The van der Waals surface area contributed by atoms with Crippen LogP contribution >= 0.6 is 0 Å². The Morgan fingerprint density at radius 1 is 1.17 bits per heavy atom. The van der Waals surface area contributed by atoms with E-state index in [4.69, 9.17) is 9.57 Å². The maximum atomic E-state index is 11.9. The van der Waals surface area contributed by atoms with Crippen molar-refractivity contribution >= 4 is 17.6 Å². The highest BCUT2D eigenvalue weighted by Crippen LogP contribution is 2.18. The molecule has 1 aromatic carbocycles. The smallest absolute Gasteiger partial charge is 0.338 e. The van der Waals surface area contributed by atoms with Crippen molar-refractivity contribution < 1.29 is 33.8 Å². The molecule has 1 fully saturated rings. The zero-order valence-corrected chi connectivity index (χ0v) is 16.6. The summed E-state index contributed by atoms with van der Waals surface area (Å²) in [5, 5.41) is 27.2. The minimum Gasteiger partial charge on any atom is -0.569 e. The van der Waals surface area contributed by atoms with Crippen LogP contribution in [0.1, 0.15) is 42.5 Å². The molecule has 0 aliphatic carbocycles. The van der Waals surface area contributed by atoms with E-state index in [1.807, 2.05) is 0 Å². The van der Waals surface area contributed by atoms with Crippen LogP contribution in [0.3, 0.4) is 0 Å². The molecular weight excluding hydrogens is 400 g/mol. The lowest BCUT2D eigenvalue weighted by atomic mass is 10.2. The predicted molar refractivity (Wildman–Crippen MR) is 101 cm³/mol. The minimum atomic E-state index is -0.648. The summed E-state index contributed by atoms with van der Waals surface area (Å²) in [5.74, 6) is -1.03. The van der Waals surface area contributed by atoms with Crippen LogP contribution in [-0.2, 0) is 19.1 Å². The number of methoxy groups -OCH3 is 1. The molecule has 1 heterocycles. The molecular formula is C18H24N4O8. The van der Waals surface area contributed by atoms with Gasteiger partial charge in [0.1, 0.15) is 6.61 Å². The van der Waals surface area contributed by atoms with Gasteiger partial charge >= 0.3 is 11.9 Å². The van der Waals surface area contributed by atoms with Crippen LogP contribution < -0.4 is 0 Å². The second-order valence-electron chi connectivity index (χ2n) is 6.51. The lowest BCUT2D eigenvalue weighted by Gasteiger charge is -2.17. The third-order valence-electron chi connectivity index (χ3n) is 4.47. The van der Waals surface area contributed by atoms with Crippen LogP contribution in [0.2, 0.25) is 0 Å². The van der Waals surface area contributed by atoms with Crippen LogP contribution in [0.25, 0.3) is 0 Å². The fourth-order valence-electron chi connectivity index (χ4n) is 2.88. The highest BCUT2D eigenvalue weighted by atomic mass is 16.7. The summed E-state index contributed by atoms with van der Waals surface area (Å²) in [6, 6.07) is 4.52. The highest BCUT2D eigenvalue weighted by Gasteiger charge is 2.37. The molecule has 0 N–H and O–H groups in total. The number of carbonyl (C=O) groups excluding carboxylic acids is 2. The summed E-state index contributed by atoms with van der Waals surface area (Å²) in [6.07, 6.45) is 3.06. The first kappa shape index (κ1) is 22.8. The normalized spacial score (nSPS) is 16.2. The highest BCUT2D eigenvalue weighted by molar-refractivity contribution is 5.89. The molecule has 0 aromatic heterocycles. The van der Waals surface area contributed by atoms with Gasteiger partial charge in [-0.2, -0.15) is 0 Å². The molecule has 1 aliphatic heterocycles. The Bertz CT molecular complexity index is 768. The van der Waals surface area contributed by atoms with Gasteiger partial charge in [-0.25, -0.2) is 9.59 Å². The van der Waals surface area contributed by atoms with E-state index >= 15 is 0 Å². The van der Waals surface area contributed by atoms with E-state index in [0.717, 1.165) is 0 Å². The second-order valence-corrected chi connectivity index (χ2v) is 6.51. The number of nitro groups is 1. The van der Waals surface area contributed by atoms with Gasteiger partial charge in [0.2, 0.25) is 5.28 Å². The van der Waals surface area contributed by atoms with Crippen molar-refractivity contribution in [2.75, 3.05) is 26.9 Å². The summed E-state index contributed by atoms with van der Waals surface area (Å²) in [5.41, 5.74) is 0.143. The standard InChI is InChI=1S/C18H24N4O8/c1-28-18(24)16-6-5-11-20(16)22(27)19-30-13-4-2-3-12-29-17(23)14-7-9-15(10-8-14)21(25)26/h7-10,16H,2-6,11-13H2,1H3/t16-/m0/s1. The Morgan fingerprint density at radius 2 is 1.87 bits per heavy atom. The van der Waals surface area contributed by atoms with E-state index in [1.165, 1.54) is 36.4 Å². The summed E-state index contributed by atoms with van der Waals surface area (Å²) in [4.78, 5) is 38.8. The molecule has 0 unspecified atom stereocenters. The molecule has 0 saturated carbocycles. The monoisotopic (exact) mass is 424 g/mol. The van der Waals surface area contributed by atoms with E-state index in [9.17, 15) is 24.9 Å². The molecule has 0 radical (unpaired) electrons. The number of hydrazine groups is 1. The van der Waals surface area contributed by atoms with E-state index in [2.05, 4.69) is 10.0 Å². The zero-order valence-electron chi connectivity index (χ0n) is 16.6. The van der Waals surface area contributed by atoms with Crippen molar-refractivity contribution in [3.63, 3.8) is 0 Å². The largest absolute Gasteiger partial charge is 0.569 e. The molecule has 1 aromatic rings. The van der Waals surface area contributed by atoms with Gasteiger partial charge in [0.15, 0.2) is 6.04 Å². The number of non-ortho nitro benzene ring substituents is 1. The van der Waals surface area contributed by atoms with Gasteiger partial charge in [0.25, 0.3) is 5.69 Å². The topological polar surface area (TPSA) is 147 Å². The van der Waals surface area contributed by atoms with Crippen molar-refractivity contribution in [2.24, 2.45) is 5.28 Å². The molecule has 1 saturated heterocycles. The van der Waals surface area contributed by atoms with Crippen LogP contribution in [0.15, 0.2) is 29.5 Å². The third-order valence-corrected chi connectivity index (χ3v) is 4.47. The van der Waals surface area contributed by atoms with E-state index in [1.54, 1.807) is 0 Å². The quantitative estimate of drug-likeness (QED) is 0.130. The van der Waals surface area contributed by atoms with E-state index in [-0.39, 0.29) is 29.4 Å². The summed E-state index contributed by atoms with van der Waals surface area (Å²) >= 11 is 0. The summed E-state index contributed by atoms with van der Waals surface area (Å²) in [7, 11) is 1.27. The number of hydrogen-bond acceptors (Lipinski definition) is 9. The first-order chi connectivity index (χ1) is 14.4. The number of esters is 2. The number of rotatable bonds is 11. The maximum absolute atomic E-state index is 11.9. The van der Waals surface area contributed by atoms with Gasteiger partial charge in [0.05, 0.1) is 35.7 Å². The second kappa shape index (κ2) is 11.5. The maximum Gasteiger partial charge on any atom is 0.338 e. The van der Waals surface area contributed by atoms with Gasteiger partial charge in [-0.3, -0.25) is 10.1 Å². The molecule has 0 spiro atoms. The first-order valence-electron chi connectivity index (χ1n) is 9.50. The summed E-state index contributed by atoms with van der Waals surface area (Å²) < 4.78 is 9.77. The molecule has 12 nitrogen and oxygen atoms in total. The molecule has 2 rings (SSSR count). The van der Waals surface area contributed by atoms with Gasteiger partial charge in [0, 0.05) is 12.1 Å². The fourth-order valence-corrected chi connectivity index (χ4v) is 2.88. The molecule has 0 amide bonds. The van der Waals surface area contributed by atoms with Gasteiger partial charge in [-0.1, -0.05) is 0 Å². The molecule has 30 heavy (non-hydrogen) atoms. The number of unbranched alkanes of at least 4 members (excludes halogenated alkanes) is 2. The average Bonchev–Trinajstić information content (AvgIpc) is 3.24. The number of ether oxygens (including phenoxy) is 2. The van der Waals surface area contributed by atoms with Crippen molar-refractivity contribution in [1.29, 1.82) is 0 Å². The predicted octanol–water partition coefficient (Wildman–Crippen LogP) is 2.37.